The van der Waals surface area contributed by atoms with Crippen LogP contribution in [0.2, 0.25) is 0 Å². The van der Waals surface area contributed by atoms with E-state index in [-0.39, 0.29) is 0 Å². The molecule has 1 N–H and O–H groups in total. The van der Waals surface area contributed by atoms with Gasteiger partial charge in [-0.3, -0.25) is 4.98 Å². The lowest BCUT2D eigenvalue weighted by atomic mass is 10.0. The minimum absolute atomic E-state index is 0.427. The van der Waals surface area contributed by atoms with Crippen molar-refractivity contribution in [3.63, 3.8) is 0 Å². The number of pyridine rings is 1. The van der Waals surface area contributed by atoms with Gasteiger partial charge in [-0.25, -0.2) is 0 Å². The van der Waals surface area contributed by atoms with Crippen LogP contribution in [0, 0.1) is 0 Å². The monoisotopic (exact) mass is 206 g/mol. The molecule has 1 atom stereocenters. The Bertz CT molecular complexity index is 278. The minimum Gasteiger partial charge on any atom is -0.309 e. The van der Waals surface area contributed by atoms with Gasteiger partial charge >= 0.3 is 0 Å². The maximum absolute atomic E-state index is 4.52. The molecule has 0 aliphatic carbocycles. The maximum atomic E-state index is 4.52. The molecule has 0 aliphatic rings. The number of hydrogen-bond donors (Lipinski definition) is 1. The van der Waals surface area contributed by atoms with Crippen LogP contribution in [0.3, 0.4) is 0 Å². The highest BCUT2D eigenvalue weighted by Crippen LogP contribution is 2.20. The Morgan fingerprint density at radius 3 is 2.73 bits per heavy atom. The van der Waals surface area contributed by atoms with Crippen molar-refractivity contribution in [3.05, 3.63) is 29.6 Å². The second-order valence-corrected chi connectivity index (χ2v) is 3.80. The highest BCUT2D eigenvalue weighted by molar-refractivity contribution is 5.22. The summed E-state index contributed by atoms with van der Waals surface area (Å²) in [6.07, 6.45) is 5.32. The number of nitrogens with one attached hydrogen (secondary N) is 1. The standard InChI is InChI=1S/C13H22N2/c1-4-8-12(14-6-3)13-11(5-2)9-7-10-15-13/h7,9-10,12,14H,4-6,8H2,1-3H3. The van der Waals surface area contributed by atoms with Crippen LogP contribution in [0.15, 0.2) is 18.3 Å². The van der Waals surface area contributed by atoms with Crippen LogP contribution >= 0.6 is 0 Å². The Kier molecular flexibility index (Phi) is 5.33. The molecule has 1 aromatic rings. The Labute approximate surface area is 93.1 Å². The van der Waals surface area contributed by atoms with Crippen LogP contribution in [-0.4, -0.2) is 11.5 Å². The van der Waals surface area contributed by atoms with E-state index in [9.17, 15) is 0 Å². The first kappa shape index (κ1) is 12.2. The third kappa shape index (κ3) is 3.31. The molecule has 2 nitrogen and oxygen atoms in total. The number of hydrogen-bond acceptors (Lipinski definition) is 2. The molecular formula is C13H22N2. The van der Waals surface area contributed by atoms with Gasteiger partial charge in [0.1, 0.15) is 0 Å². The van der Waals surface area contributed by atoms with E-state index in [0.717, 1.165) is 19.4 Å². The summed E-state index contributed by atoms with van der Waals surface area (Å²) in [6.45, 7) is 7.57. The number of nitrogens with zero attached hydrogens (tertiary/aromatic N) is 1. The zero-order valence-electron chi connectivity index (χ0n) is 10.1. The first-order valence-electron chi connectivity index (χ1n) is 6.00. The summed E-state index contributed by atoms with van der Waals surface area (Å²) in [5.74, 6) is 0. The van der Waals surface area contributed by atoms with Crippen LogP contribution in [0.25, 0.3) is 0 Å². The van der Waals surface area contributed by atoms with E-state index in [4.69, 9.17) is 0 Å². The minimum atomic E-state index is 0.427. The molecule has 1 aromatic heterocycles. The van der Waals surface area contributed by atoms with E-state index in [2.05, 4.69) is 37.1 Å². The van der Waals surface area contributed by atoms with Crippen molar-refractivity contribution in [1.82, 2.24) is 10.3 Å². The van der Waals surface area contributed by atoms with Gasteiger partial charge in [-0.15, -0.1) is 0 Å². The highest BCUT2D eigenvalue weighted by atomic mass is 14.9. The summed E-state index contributed by atoms with van der Waals surface area (Å²) in [4.78, 5) is 4.52. The second-order valence-electron chi connectivity index (χ2n) is 3.80. The smallest absolute Gasteiger partial charge is 0.0604 e. The average molecular weight is 206 g/mol. The van der Waals surface area contributed by atoms with Crippen LogP contribution in [0.5, 0.6) is 0 Å². The molecule has 1 rings (SSSR count). The van der Waals surface area contributed by atoms with Gasteiger partial charge in [-0.05, 0) is 31.0 Å². The van der Waals surface area contributed by atoms with Crippen LogP contribution < -0.4 is 5.32 Å². The van der Waals surface area contributed by atoms with Crippen molar-refractivity contribution in [2.45, 2.75) is 46.1 Å². The summed E-state index contributed by atoms with van der Waals surface area (Å²) in [6, 6.07) is 4.63. The molecule has 0 saturated heterocycles. The lowest BCUT2D eigenvalue weighted by Crippen LogP contribution is -2.22. The zero-order valence-corrected chi connectivity index (χ0v) is 10.1. The van der Waals surface area contributed by atoms with Crippen molar-refractivity contribution in [1.29, 1.82) is 0 Å². The van der Waals surface area contributed by atoms with E-state index in [1.807, 2.05) is 12.3 Å². The van der Waals surface area contributed by atoms with Crippen LogP contribution in [0.1, 0.15) is 50.9 Å². The van der Waals surface area contributed by atoms with Gasteiger partial charge in [0.15, 0.2) is 0 Å². The molecule has 0 aromatic carbocycles. The quantitative estimate of drug-likeness (QED) is 0.773. The van der Waals surface area contributed by atoms with E-state index < -0.39 is 0 Å². The van der Waals surface area contributed by atoms with E-state index >= 15 is 0 Å². The second kappa shape index (κ2) is 6.57. The molecule has 84 valence electrons. The van der Waals surface area contributed by atoms with Crippen LogP contribution in [0.4, 0.5) is 0 Å². The molecule has 2 heteroatoms. The fourth-order valence-corrected chi connectivity index (χ4v) is 1.93. The van der Waals surface area contributed by atoms with Gasteiger partial charge in [0.2, 0.25) is 0 Å². The predicted octanol–water partition coefficient (Wildman–Crippen LogP) is 3.09. The molecule has 0 aliphatic heterocycles. The molecule has 0 saturated carbocycles. The van der Waals surface area contributed by atoms with Crippen molar-refractivity contribution in [2.75, 3.05) is 6.54 Å². The van der Waals surface area contributed by atoms with Crippen molar-refractivity contribution in [3.8, 4) is 0 Å². The van der Waals surface area contributed by atoms with Gasteiger partial charge in [0.25, 0.3) is 0 Å². The molecule has 0 amide bonds. The first-order chi connectivity index (χ1) is 7.33. The maximum Gasteiger partial charge on any atom is 0.0604 e. The SMILES string of the molecule is CCCC(NCC)c1ncccc1CC. The largest absolute Gasteiger partial charge is 0.309 e. The lowest BCUT2D eigenvalue weighted by molar-refractivity contribution is 0.494. The first-order valence-corrected chi connectivity index (χ1v) is 6.00. The summed E-state index contributed by atoms with van der Waals surface area (Å²) >= 11 is 0. The average Bonchev–Trinajstić information content (AvgIpc) is 2.29. The molecule has 0 radical (unpaired) electrons. The summed E-state index contributed by atoms with van der Waals surface area (Å²) in [5, 5.41) is 3.51. The van der Waals surface area contributed by atoms with E-state index in [1.165, 1.54) is 17.7 Å². The van der Waals surface area contributed by atoms with Gasteiger partial charge in [0.05, 0.1) is 5.69 Å². The molecule has 0 bridgehead atoms. The van der Waals surface area contributed by atoms with Gasteiger partial charge in [-0.2, -0.15) is 0 Å². The molecule has 1 unspecified atom stereocenters. The molecule has 15 heavy (non-hydrogen) atoms. The molecule has 0 spiro atoms. The number of aryl methyl sites for hydroxylation is 1. The summed E-state index contributed by atoms with van der Waals surface area (Å²) < 4.78 is 0. The summed E-state index contributed by atoms with van der Waals surface area (Å²) in [5.41, 5.74) is 2.61. The number of aromatic nitrogens is 1. The predicted molar refractivity (Wildman–Crippen MR) is 64.9 cm³/mol. The fourth-order valence-electron chi connectivity index (χ4n) is 1.93. The molecule has 0 fully saturated rings. The van der Waals surface area contributed by atoms with Gasteiger partial charge < -0.3 is 5.32 Å². The zero-order chi connectivity index (χ0) is 11.1. The van der Waals surface area contributed by atoms with E-state index in [0.29, 0.717) is 6.04 Å². The Balaban J connectivity index is 2.88. The molecular weight excluding hydrogens is 184 g/mol. The van der Waals surface area contributed by atoms with Gasteiger partial charge in [-0.1, -0.05) is 33.3 Å². The Morgan fingerprint density at radius 1 is 1.33 bits per heavy atom. The molecule has 1 heterocycles. The highest BCUT2D eigenvalue weighted by Gasteiger charge is 2.13. The Hall–Kier alpha value is -0.890. The normalized spacial score (nSPS) is 12.7. The lowest BCUT2D eigenvalue weighted by Gasteiger charge is -2.19. The van der Waals surface area contributed by atoms with Gasteiger partial charge in [0, 0.05) is 12.2 Å². The van der Waals surface area contributed by atoms with Crippen molar-refractivity contribution >= 4 is 0 Å². The van der Waals surface area contributed by atoms with Crippen molar-refractivity contribution < 1.29 is 0 Å². The number of rotatable bonds is 6. The topological polar surface area (TPSA) is 24.9 Å². The van der Waals surface area contributed by atoms with Crippen molar-refractivity contribution in [2.24, 2.45) is 0 Å². The third-order valence-electron chi connectivity index (χ3n) is 2.66. The summed E-state index contributed by atoms with van der Waals surface area (Å²) in [7, 11) is 0. The van der Waals surface area contributed by atoms with Crippen LogP contribution in [-0.2, 0) is 6.42 Å². The Morgan fingerprint density at radius 2 is 2.13 bits per heavy atom. The third-order valence-corrected chi connectivity index (χ3v) is 2.66. The van der Waals surface area contributed by atoms with E-state index in [1.54, 1.807) is 0 Å². The fraction of sp³-hybridized carbons (Fsp3) is 0.615.